The van der Waals surface area contributed by atoms with E-state index in [1.807, 2.05) is 13.0 Å². The third kappa shape index (κ3) is 3.64. The second-order valence-electron chi connectivity index (χ2n) is 5.72. The van der Waals surface area contributed by atoms with Gasteiger partial charge in [0.05, 0.1) is 18.5 Å². The molecule has 3 rings (SSSR count). The van der Waals surface area contributed by atoms with Gasteiger partial charge in [-0.2, -0.15) is 0 Å². The number of anilines is 2. The lowest BCUT2D eigenvalue weighted by molar-refractivity contribution is -0.117. The Morgan fingerprint density at radius 3 is 2.68 bits per heavy atom. The number of amides is 1. The fourth-order valence-corrected chi connectivity index (χ4v) is 5.11. The summed E-state index contributed by atoms with van der Waals surface area (Å²) in [6, 6.07) is 8.38. The van der Waals surface area contributed by atoms with Gasteiger partial charge in [-0.05, 0) is 43.2 Å². The number of sulfonamides is 1. The average Bonchev–Trinajstić information content (AvgIpc) is 3.23. The molecule has 1 aliphatic heterocycles. The Kier molecular flexibility index (Phi) is 5.01. The summed E-state index contributed by atoms with van der Waals surface area (Å²) >= 11 is 1.26. The van der Waals surface area contributed by atoms with Gasteiger partial charge in [-0.3, -0.25) is 9.52 Å². The van der Waals surface area contributed by atoms with Crippen molar-refractivity contribution in [3.8, 4) is 5.75 Å². The predicted molar refractivity (Wildman–Crippen MR) is 99.1 cm³/mol. The van der Waals surface area contributed by atoms with Gasteiger partial charge in [-0.25, -0.2) is 8.42 Å². The molecule has 2 heterocycles. The molecule has 2 aromatic rings. The lowest BCUT2D eigenvalue weighted by Crippen LogP contribution is -2.24. The smallest absolute Gasteiger partial charge is 0.271 e. The highest BCUT2D eigenvalue weighted by atomic mass is 32.2. The minimum absolute atomic E-state index is 0.0177. The number of benzene rings is 1. The molecule has 1 saturated heterocycles. The topological polar surface area (TPSA) is 75.7 Å². The number of nitrogens with zero attached hydrogens (tertiary/aromatic N) is 1. The van der Waals surface area contributed by atoms with Crippen LogP contribution < -0.4 is 14.4 Å². The standard InChI is InChI=1S/C17H20N2O4S2/c1-3-13-7-9-17(24-13)25(21,22)18-12-6-8-15(23-2)14(11-12)19-10-4-5-16(19)20/h6-9,11,18H,3-5,10H2,1-2H3. The van der Waals surface area contributed by atoms with E-state index >= 15 is 0 Å². The Balaban J connectivity index is 1.91. The second-order valence-corrected chi connectivity index (χ2v) is 8.79. The van der Waals surface area contributed by atoms with E-state index < -0.39 is 10.0 Å². The largest absolute Gasteiger partial charge is 0.495 e. The Bertz CT molecular complexity index is 890. The highest BCUT2D eigenvalue weighted by molar-refractivity contribution is 7.94. The van der Waals surface area contributed by atoms with Gasteiger partial charge in [0.1, 0.15) is 9.96 Å². The molecule has 0 aliphatic carbocycles. The second kappa shape index (κ2) is 7.05. The number of carbonyl (C=O) groups is 1. The number of ether oxygens (including phenoxy) is 1. The van der Waals surface area contributed by atoms with Crippen molar-refractivity contribution in [2.45, 2.75) is 30.4 Å². The molecule has 1 aliphatic rings. The van der Waals surface area contributed by atoms with Crippen LogP contribution in [0.25, 0.3) is 0 Å². The molecule has 0 atom stereocenters. The van der Waals surface area contributed by atoms with E-state index in [2.05, 4.69) is 4.72 Å². The van der Waals surface area contributed by atoms with Crippen LogP contribution in [-0.2, 0) is 21.2 Å². The summed E-state index contributed by atoms with van der Waals surface area (Å²) in [5, 5.41) is 0. The Hall–Kier alpha value is -2.06. The van der Waals surface area contributed by atoms with Crippen LogP contribution in [0.5, 0.6) is 5.75 Å². The van der Waals surface area contributed by atoms with E-state index in [0.717, 1.165) is 17.7 Å². The van der Waals surface area contributed by atoms with Crippen molar-refractivity contribution in [3.05, 3.63) is 35.2 Å². The Morgan fingerprint density at radius 2 is 2.08 bits per heavy atom. The van der Waals surface area contributed by atoms with Gasteiger partial charge in [0.25, 0.3) is 10.0 Å². The van der Waals surface area contributed by atoms with E-state index in [4.69, 9.17) is 4.74 Å². The van der Waals surface area contributed by atoms with Crippen molar-refractivity contribution in [1.29, 1.82) is 0 Å². The minimum Gasteiger partial charge on any atom is -0.495 e. The average molecular weight is 380 g/mol. The summed E-state index contributed by atoms with van der Waals surface area (Å²) in [4.78, 5) is 14.7. The summed E-state index contributed by atoms with van der Waals surface area (Å²) in [6.07, 6.45) is 2.07. The fourth-order valence-electron chi connectivity index (χ4n) is 2.77. The molecule has 6 nitrogen and oxygen atoms in total. The van der Waals surface area contributed by atoms with Crippen molar-refractivity contribution in [2.75, 3.05) is 23.3 Å². The molecule has 1 aromatic heterocycles. The normalized spacial score (nSPS) is 14.8. The molecular weight excluding hydrogens is 360 g/mol. The molecule has 8 heteroatoms. The summed E-state index contributed by atoms with van der Waals surface area (Å²) in [5.41, 5.74) is 0.993. The van der Waals surface area contributed by atoms with Gasteiger partial charge < -0.3 is 9.64 Å². The van der Waals surface area contributed by atoms with Crippen molar-refractivity contribution < 1.29 is 17.9 Å². The molecule has 0 bridgehead atoms. The van der Waals surface area contributed by atoms with Crippen molar-refractivity contribution >= 4 is 38.6 Å². The minimum atomic E-state index is -3.65. The van der Waals surface area contributed by atoms with Crippen LogP contribution in [-0.4, -0.2) is 28.0 Å². The van der Waals surface area contributed by atoms with Crippen molar-refractivity contribution in [2.24, 2.45) is 0 Å². The first-order chi connectivity index (χ1) is 11.9. The molecule has 1 amide bonds. The summed E-state index contributed by atoms with van der Waals surface area (Å²) in [5.74, 6) is 0.562. The lowest BCUT2D eigenvalue weighted by atomic mass is 10.2. The molecule has 0 radical (unpaired) electrons. The van der Waals surface area contributed by atoms with Crippen LogP contribution in [0.3, 0.4) is 0 Å². The van der Waals surface area contributed by atoms with Gasteiger partial charge in [0.2, 0.25) is 5.91 Å². The molecule has 1 N–H and O–H groups in total. The third-order valence-corrected chi connectivity index (χ3v) is 7.15. The van der Waals surface area contributed by atoms with E-state index in [1.54, 1.807) is 29.2 Å². The van der Waals surface area contributed by atoms with E-state index in [0.29, 0.717) is 30.1 Å². The highest BCUT2D eigenvalue weighted by Crippen LogP contribution is 2.35. The highest BCUT2D eigenvalue weighted by Gasteiger charge is 2.25. The number of aryl methyl sites for hydroxylation is 1. The maximum absolute atomic E-state index is 12.6. The maximum Gasteiger partial charge on any atom is 0.271 e. The van der Waals surface area contributed by atoms with Gasteiger partial charge in [-0.15, -0.1) is 11.3 Å². The van der Waals surface area contributed by atoms with Gasteiger partial charge in [0, 0.05) is 17.8 Å². The number of methoxy groups -OCH3 is 1. The van der Waals surface area contributed by atoms with Crippen LogP contribution in [0, 0.1) is 0 Å². The number of rotatable bonds is 6. The Morgan fingerprint density at radius 1 is 1.28 bits per heavy atom. The van der Waals surface area contributed by atoms with Gasteiger partial charge >= 0.3 is 0 Å². The van der Waals surface area contributed by atoms with Crippen LogP contribution in [0.2, 0.25) is 0 Å². The van der Waals surface area contributed by atoms with Crippen LogP contribution in [0.4, 0.5) is 11.4 Å². The number of hydrogen-bond donors (Lipinski definition) is 1. The quantitative estimate of drug-likeness (QED) is 0.835. The van der Waals surface area contributed by atoms with E-state index in [-0.39, 0.29) is 10.1 Å². The Labute approximate surface area is 151 Å². The van der Waals surface area contributed by atoms with Crippen molar-refractivity contribution in [1.82, 2.24) is 0 Å². The van der Waals surface area contributed by atoms with E-state index in [9.17, 15) is 13.2 Å². The fraction of sp³-hybridized carbons (Fsp3) is 0.353. The SMILES string of the molecule is CCc1ccc(S(=O)(=O)Nc2ccc(OC)c(N3CCCC3=O)c2)s1. The lowest BCUT2D eigenvalue weighted by Gasteiger charge is -2.20. The zero-order valence-electron chi connectivity index (χ0n) is 14.1. The van der Waals surface area contributed by atoms with Gasteiger partial charge in [-0.1, -0.05) is 6.92 Å². The molecular formula is C17H20N2O4S2. The zero-order chi connectivity index (χ0) is 18.0. The van der Waals surface area contributed by atoms with Crippen molar-refractivity contribution in [3.63, 3.8) is 0 Å². The van der Waals surface area contributed by atoms with Crippen LogP contribution in [0.15, 0.2) is 34.5 Å². The number of hydrogen-bond acceptors (Lipinski definition) is 5. The maximum atomic E-state index is 12.6. The summed E-state index contributed by atoms with van der Waals surface area (Å²) in [6.45, 7) is 2.59. The number of nitrogens with one attached hydrogen (secondary N) is 1. The molecule has 134 valence electrons. The first-order valence-corrected chi connectivity index (χ1v) is 10.3. The molecule has 0 spiro atoms. The van der Waals surface area contributed by atoms with E-state index in [1.165, 1.54) is 18.4 Å². The molecule has 0 unspecified atom stereocenters. The predicted octanol–water partition coefficient (Wildman–Crippen LogP) is 3.25. The third-order valence-electron chi connectivity index (χ3n) is 4.05. The molecule has 1 fully saturated rings. The molecule has 25 heavy (non-hydrogen) atoms. The van der Waals surface area contributed by atoms with Crippen LogP contribution >= 0.6 is 11.3 Å². The first-order valence-electron chi connectivity index (χ1n) is 8.04. The van der Waals surface area contributed by atoms with Crippen LogP contribution in [0.1, 0.15) is 24.6 Å². The van der Waals surface area contributed by atoms with Gasteiger partial charge in [0.15, 0.2) is 0 Å². The summed E-state index contributed by atoms with van der Waals surface area (Å²) in [7, 11) is -2.12. The molecule has 1 aromatic carbocycles. The monoisotopic (exact) mass is 380 g/mol. The first kappa shape index (κ1) is 17.8. The summed E-state index contributed by atoms with van der Waals surface area (Å²) < 4.78 is 33.3. The number of thiophene rings is 1. The molecule has 0 saturated carbocycles. The number of carbonyl (C=O) groups excluding carboxylic acids is 1. The zero-order valence-corrected chi connectivity index (χ0v) is 15.7.